The summed E-state index contributed by atoms with van der Waals surface area (Å²) in [7, 11) is -4.92. The first-order chi connectivity index (χ1) is 9.67. The molecule has 0 spiro atoms. The Morgan fingerprint density at radius 1 is 1.48 bits per heavy atom. The third-order valence-corrected chi connectivity index (χ3v) is 4.99. The number of hydrogen-bond donors (Lipinski definition) is 0. The Labute approximate surface area is 182 Å². The van der Waals surface area contributed by atoms with Gasteiger partial charge in [0.25, 0.3) is 0 Å². The summed E-state index contributed by atoms with van der Waals surface area (Å²) in [6.45, 7) is 3.15. The van der Waals surface area contributed by atoms with E-state index < -0.39 is 40.3 Å². The predicted octanol–water partition coefficient (Wildman–Crippen LogP) is -7.20. The number of carboxylic acids is 1. The van der Waals surface area contributed by atoms with Gasteiger partial charge >= 0.3 is 59.1 Å². The first-order valence-electron chi connectivity index (χ1n) is 6.21. The maximum atomic E-state index is 12.0. The van der Waals surface area contributed by atoms with E-state index in [0.29, 0.717) is 17.1 Å². The normalized spacial score (nSPS) is 24.3. The van der Waals surface area contributed by atoms with E-state index in [1.54, 1.807) is 0 Å². The Hall–Kier alpha value is 0.900. The first-order valence-corrected chi connectivity index (χ1v) is 8.53. The Kier molecular flexibility index (Phi) is 9.37. The van der Waals surface area contributed by atoms with Gasteiger partial charge in [0, 0.05) is 11.3 Å². The van der Waals surface area contributed by atoms with Gasteiger partial charge in [0.2, 0.25) is 16.3 Å². The van der Waals surface area contributed by atoms with Crippen molar-refractivity contribution < 1.29 is 91.0 Å². The largest absolute Gasteiger partial charge is 1.00 e. The van der Waals surface area contributed by atoms with Crippen LogP contribution in [-0.2, 0) is 24.2 Å². The van der Waals surface area contributed by atoms with Crippen molar-refractivity contribution in [3.8, 4) is 0 Å². The number of nitrogens with zero attached hydrogens (tertiary/aromatic N) is 1. The van der Waals surface area contributed by atoms with Crippen molar-refractivity contribution in [1.82, 2.24) is 4.90 Å². The number of carbonyl (C=O) groups is 2. The molecular weight excluding hydrogens is 368 g/mol. The van der Waals surface area contributed by atoms with E-state index in [-0.39, 0.29) is 64.8 Å². The Balaban J connectivity index is 0.00000242. The molecule has 0 aliphatic carbocycles. The van der Waals surface area contributed by atoms with Gasteiger partial charge in [-0.1, -0.05) is 6.92 Å². The van der Waals surface area contributed by atoms with Crippen LogP contribution in [0.4, 0.5) is 0 Å². The average molecular weight is 381 g/mol. The van der Waals surface area contributed by atoms with Gasteiger partial charge in [-0.3, -0.25) is 8.98 Å². The van der Waals surface area contributed by atoms with Crippen LogP contribution >= 0.6 is 11.8 Å². The Morgan fingerprint density at radius 3 is 2.48 bits per heavy atom. The van der Waals surface area contributed by atoms with E-state index in [1.807, 2.05) is 6.92 Å². The summed E-state index contributed by atoms with van der Waals surface area (Å²) < 4.78 is 36.1. The molecular formula is C11H13NNa2O7S2. The Morgan fingerprint density at radius 2 is 2.04 bits per heavy atom. The molecule has 0 bridgehead atoms. The van der Waals surface area contributed by atoms with Crippen LogP contribution in [0.1, 0.15) is 20.3 Å². The van der Waals surface area contributed by atoms with E-state index in [9.17, 15) is 27.7 Å². The van der Waals surface area contributed by atoms with E-state index >= 15 is 0 Å². The van der Waals surface area contributed by atoms with Crippen LogP contribution in [-0.4, -0.2) is 47.6 Å². The molecule has 0 aromatic rings. The van der Waals surface area contributed by atoms with Gasteiger partial charge in [0.05, 0.1) is 29.7 Å². The molecule has 1 amide bonds. The molecule has 118 valence electrons. The van der Waals surface area contributed by atoms with Crippen LogP contribution in [0.3, 0.4) is 0 Å². The van der Waals surface area contributed by atoms with Gasteiger partial charge in [-0.05, 0) is 12.7 Å². The minimum Gasteiger partial charge on any atom is -0.726 e. The number of carbonyl (C=O) groups excluding carboxylic acids is 2. The molecule has 2 aliphatic rings. The molecule has 2 heterocycles. The van der Waals surface area contributed by atoms with E-state index in [4.69, 9.17) is 0 Å². The van der Waals surface area contributed by atoms with Crippen molar-refractivity contribution in [2.24, 2.45) is 5.92 Å². The van der Waals surface area contributed by atoms with Gasteiger partial charge in [0.1, 0.15) is 0 Å². The zero-order valence-electron chi connectivity index (χ0n) is 13.3. The number of hydrogen-bond acceptors (Lipinski definition) is 8. The van der Waals surface area contributed by atoms with Crippen LogP contribution in [0.15, 0.2) is 10.6 Å². The van der Waals surface area contributed by atoms with Crippen LogP contribution in [0.25, 0.3) is 0 Å². The predicted molar refractivity (Wildman–Crippen MR) is 69.2 cm³/mol. The fourth-order valence-corrected chi connectivity index (χ4v) is 4.20. The van der Waals surface area contributed by atoms with E-state index in [1.165, 1.54) is 18.7 Å². The second-order valence-electron chi connectivity index (χ2n) is 4.71. The SMILES string of the molecule is CCSC1=C(C(=O)[O-])N2C(=O)[C@@H]([C@H](C)OS(=O)(=O)[O-])[C@H]2C1.[Na+].[Na+]. The maximum Gasteiger partial charge on any atom is 1.00 e. The van der Waals surface area contributed by atoms with Gasteiger partial charge < -0.3 is 19.4 Å². The number of β-lactam (4-membered cyclic amide) rings is 1. The molecule has 3 atom stereocenters. The molecule has 0 saturated carbocycles. The fourth-order valence-electron chi connectivity index (χ4n) is 2.76. The molecule has 0 aromatic heterocycles. The minimum atomic E-state index is -4.92. The molecule has 2 rings (SSSR count). The molecule has 2 aliphatic heterocycles. The minimum absolute atomic E-state index is 0. The number of fused-ring (bicyclic) bond motifs is 1. The van der Waals surface area contributed by atoms with Crippen LogP contribution < -0.4 is 64.2 Å². The molecule has 1 saturated heterocycles. The summed E-state index contributed by atoms with van der Waals surface area (Å²) in [6.07, 6.45) is -0.833. The number of carboxylic acid groups (broad SMARTS) is 1. The van der Waals surface area contributed by atoms with Crippen LogP contribution in [0.2, 0.25) is 0 Å². The third-order valence-electron chi connectivity index (χ3n) is 3.46. The monoisotopic (exact) mass is 381 g/mol. The third kappa shape index (κ3) is 4.96. The molecule has 12 heteroatoms. The average Bonchev–Trinajstić information content (AvgIpc) is 2.62. The summed E-state index contributed by atoms with van der Waals surface area (Å²) in [5, 5.41) is 11.2. The molecule has 8 nitrogen and oxygen atoms in total. The molecule has 1 fully saturated rings. The number of amides is 1. The summed E-state index contributed by atoms with van der Waals surface area (Å²) >= 11 is 1.30. The first kappa shape index (κ1) is 23.9. The van der Waals surface area contributed by atoms with Crippen LogP contribution in [0.5, 0.6) is 0 Å². The van der Waals surface area contributed by atoms with Gasteiger partial charge in [-0.15, -0.1) is 11.8 Å². The zero-order valence-corrected chi connectivity index (χ0v) is 18.9. The van der Waals surface area contributed by atoms with Gasteiger partial charge in [0.15, 0.2) is 0 Å². The number of aliphatic carboxylic acids is 1. The summed E-state index contributed by atoms with van der Waals surface area (Å²) in [5.74, 6) is -2.22. The molecule has 0 unspecified atom stereocenters. The maximum absolute atomic E-state index is 12.0. The summed E-state index contributed by atoms with van der Waals surface area (Å²) in [6, 6.07) is -0.504. The fraction of sp³-hybridized carbons (Fsp3) is 0.636. The molecule has 23 heavy (non-hydrogen) atoms. The van der Waals surface area contributed by atoms with Crippen LogP contribution in [0, 0.1) is 5.92 Å². The molecule has 0 radical (unpaired) electrons. The summed E-state index contributed by atoms with van der Waals surface area (Å²) in [5.41, 5.74) is -0.162. The van der Waals surface area contributed by atoms with Gasteiger partial charge in [-0.2, -0.15) is 0 Å². The molecule has 0 aromatic carbocycles. The van der Waals surface area contributed by atoms with Crippen molar-refractivity contribution in [3.05, 3.63) is 10.6 Å². The number of rotatable bonds is 6. The second-order valence-corrected chi connectivity index (χ2v) is 7.08. The van der Waals surface area contributed by atoms with Gasteiger partial charge in [-0.25, -0.2) is 8.42 Å². The van der Waals surface area contributed by atoms with E-state index in [0.717, 1.165) is 4.90 Å². The Bertz CT molecular complexity index is 622. The topological polar surface area (TPSA) is 127 Å². The second kappa shape index (κ2) is 9.02. The quantitative estimate of drug-likeness (QED) is 0.192. The van der Waals surface area contributed by atoms with Crippen molar-refractivity contribution in [3.63, 3.8) is 0 Å². The van der Waals surface area contributed by atoms with E-state index in [2.05, 4.69) is 4.18 Å². The van der Waals surface area contributed by atoms with Crippen molar-refractivity contribution in [1.29, 1.82) is 0 Å². The van der Waals surface area contributed by atoms with Crippen molar-refractivity contribution in [2.75, 3.05) is 5.75 Å². The standard InChI is InChI=1S/C11H15NO7S2.2Na/c1-3-20-7-4-6-8(5(2)19-21(16,17)18)10(13)12(6)9(7)11(14)15;;/h5-6,8H,3-4H2,1-2H3,(H,14,15)(H,16,17,18);;/q;2*+1/p-2/t5-,6+,8-;;/m0../s1. The number of thioether (sulfide) groups is 1. The van der Waals surface area contributed by atoms with Crippen molar-refractivity contribution >= 4 is 34.0 Å². The van der Waals surface area contributed by atoms with Crippen molar-refractivity contribution in [2.45, 2.75) is 32.4 Å². The zero-order chi connectivity index (χ0) is 15.9. The summed E-state index contributed by atoms with van der Waals surface area (Å²) in [4.78, 5) is 24.8. The molecule has 0 N–H and O–H groups in total. The smallest absolute Gasteiger partial charge is 0.726 e.